The molecule has 0 fully saturated rings. The van der Waals surface area contributed by atoms with E-state index in [0.717, 1.165) is 0 Å². The van der Waals surface area contributed by atoms with E-state index >= 15 is 0 Å². The molecule has 0 aliphatic carbocycles. The van der Waals surface area contributed by atoms with E-state index in [9.17, 15) is 13.6 Å². The Morgan fingerprint density at radius 1 is 1.33 bits per heavy atom. The maximum atomic E-state index is 11.8. The SMILES string of the molecule is N[C@H](C(=O)NCC(F)F)c1ccccc1. The molecule has 0 aliphatic heterocycles. The van der Waals surface area contributed by atoms with E-state index in [0.29, 0.717) is 5.56 Å². The first-order valence-electron chi connectivity index (χ1n) is 4.47. The standard InChI is InChI=1S/C10H12F2N2O/c11-8(12)6-14-10(15)9(13)7-4-2-1-3-5-7/h1-5,8-9H,6,13H2,(H,14,15)/t9-/m0/s1. The van der Waals surface area contributed by atoms with Crippen LogP contribution in [0.3, 0.4) is 0 Å². The van der Waals surface area contributed by atoms with Crippen molar-refractivity contribution in [3.63, 3.8) is 0 Å². The van der Waals surface area contributed by atoms with Gasteiger partial charge in [0.1, 0.15) is 6.04 Å². The van der Waals surface area contributed by atoms with Crippen LogP contribution in [0, 0.1) is 0 Å². The van der Waals surface area contributed by atoms with Gasteiger partial charge in [-0.3, -0.25) is 4.79 Å². The molecule has 0 aliphatic rings. The molecule has 82 valence electrons. The summed E-state index contributed by atoms with van der Waals surface area (Å²) < 4.78 is 23.6. The topological polar surface area (TPSA) is 55.1 Å². The predicted molar refractivity (Wildman–Crippen MR) is 52.4 cm³/mol. The molecule has 0 bridgehead atoms. The van der Waals surface area contributed by atoms with Crippen molar-refractivity contribution in [2.24, 2.45) is 5.73 Å². The molecule has 1 aromatic rings. The van der Waals surface area contributed by atoms with Gasteiger partial charge in [-0.25, -0.2) is 8.78 Å². The summed E-state index contributed by atoms with van der Waals surface area (Å²) in [7, 11) is 0. The third-order valence-electron chi connectivity index (χ3n) is 1.87. The highest BCUT2D eigenvalue weighted by atomic mass is 19.3. The molecular formula is C10H12F2N2O. The lowest BCUT2D eigenvalue weighted by Crippen LogP contribution is -2.36. The van der Waals surface area contributed by atoms with E-state index in [4.69, 9.17) is 5.73 Å². The Morgan fingerprint density at radius 3 is 2.47 bits per heavy atom. The van der Waals surface area contributed by atoms with E-state index in [1.807, 2.05) is 0 Å². The molecule has 0 heterocycles. The van der Waals surface area contributed by atoms with E-state index in [1.54, 1.807) is 30.3 Å². The number of carbonyl (C=O) groups is 1. The molecule has 1 amide bonds. The van der Waals surface area contributed by atoms with E-state index in [2.05, 4.69) is 5.32 Å². The number of rotatable bonds is 4. The maximum absolute atomic E-state index is 11.8. The zero-order valence-corrected chi connectivity index (χ0v) is 7.99. The zero-order valence-electron chi connectivity index (χ0n) is 7.99. The second kappa shape index (κ2) is 5.41. The molecule has 0 saturated heterocycles. The molecule has 1 rings (SSSR count). The van der Waals surface area contributed by atoms with Gasteiger partial charge in [-0.2, -0.15) is 0 Å². The largest absolute Gasteiger partial charge is 0.349 e. The minimum absolute atomic E-state index is 0.596. The molecular weight excluding hydrogens is 202 g/mol. The van der Waals surface area contributed by atoms with Gasteiger partial charge in [0.05, 0.1) is 6.54 Å². The van der Waals surface area contributed by atoms with Crippen LogP contribution in [0.25, 0.3) is 0 Å². The Kier molecular flexibility index (Phi) is 4.17. The number of nitrogens with one attached hydrogen (secondary N) is 1. The van der Waals surface area contributed by atoms with Crippen molar-refractivity contribution >= 4 is 5.91 Å². The first kappa shape index (κ1) is 11.6. The Hall–Kier alpha value is -1.49. The van der Waals surface area contributed by atoms with E-state index < -0.39 is 24.9 Å². The Balaban J connectivity index is 2.54. The van der Waals surface area contributed by atoms with E-state index in [-0.39, 0.29) is 0 Å². The molecule has 1 aromatic carbocycles. The average Bonchev–Trinajstić information content (AvgIpc) is 2.26. The number of amides is 1. The quantitative estimate of drug-likeness (QED) is 0.787. The Labute approximate surface area is 86.3 Å². The van der Waals surface area contributed by atoms with Crippen molar-refractivity contribution in [3.8, 4) is 0 Å². The van der Waals surface area contributed by atoms with Crippen molar-refractivity contribution in [1.29, 1.82) is 0 Å². The first-order chi connectivity index (χ1) is 7.11. The molecule has 0 saturated carbocycles. The van der Waals surface area contributed by atoms with Crippen molar-refractivity contribution in [3.05, 3.63) is 35.9 Å². The molecule has 0 unspecified atom stereocenters. The van der Waals surface area contributed by atoms with Crippen LogP contribution in [0.15, 0.2) is 30.3 Å². The normalized spacial score (nSPS) is 12.5. The second-order valence-electron chi connectivity index (χ2n) is 3.02. The zero-order chi connectivity index (χ0) is 11.3. The number of alkyl halides is 2. The first-order valence-corrected chi connectivity index (χ1v) is 4.47. The van der Waals surface area contributed by atoms with Gasteiger partial charge >= 0.3 is 0 Å². The summed E-state index contributed by atoms with van der Waals surface area (Å²) in [6, 6.07) is 7.70. The van der Waals surface area contributed by atoms with Crippen molar-refractivity contribution < 1.29 is 13.6 Å². The summed E-state index contributed by atoms with van der Waals surface area (Å²) in [5.41, 5.74) is 6.17. The lowest BCUT2D eigenvalue weighted by Gasteiger charge is -2.11. The van der Waals surface area contributed by atoms with Crippen molar-refractivity contribution in [2.45, 2.75) is 12.5 Å². The van der Waals surface area contributed by atoms with Gasteiger partial charge in [0.15, 0.2) is 0 Å². The average molecular weight is 214 g/mol. The van der Waals surface area contributed by atoms with Gasteiger partial charge in [0, 0.05) is 0 Å². The summed E-state index contributed by atoms with van der Waals surface area (Å²) in [6.07, 6.45) is -2.56. The smallest absolute Gasteiger partial charge is 0.255 e. The van der Waals surface area contributed by atoms with Crippen LogP contribution in [0.1, 0.15) is 11.6 Å². The fraction of sp³-hybridized carbons (Fsp3) is 0.300. The molecule has 0 spiro atoms. The number of halogens is 2. The summed E-state index contributed by atoms with van der Waals surface area (Å²) in [5, 5.41) is 2.07. The van der Waals surface area contributed by atoms with Crippen molar-refractivity contribution in [2.75, 3.05) is 6.54 Å². The van der Waals surface area contributed by atoms with Gasteiger partial charge < -0.3 is 11.1 Å². The lowest BCUT2D eigenvalue weighted by atomic mass is 10.1. The van der Waals surface area contributed by atoms with Crippen LogP contribution in [0.5, 0.6) is 0 Å². The number of benzene rings is 1. The van der Waals surface area contributed by atoms with Gasteiger partial charge in [0.2, 0.25) is 5.91 Å². The minimum atomic E-state index is -2.56. The summed E-state index contributed by atoms with van der Waals surface area (Å²) >= 11 is 0. The lowest BCUT2D eigenvalue weighted by molar-refractivity contribution is -0.123. The molecule has 0 aromatic heterocycles. The molecule has 3 N–H and O–H groups in total. The van der Waals surface area contributed by atoms with Gasteiger partial charge in [0.25, 0.3) is 6.43 Å². The van der Waals surface area contributed by atoms with Crippen LogP contribution in [0.4, 0.5) is 8.78 Å². The summed E-state index contributed by atoms with van der Waals surface area (Å²) in [6.45, 7) is -0.667. The van der Waals surface area contributed by atoms with Crippen LogP contribution >= 0.6 is 0 Å². The molecule has 15 heavy (non-hydrogen) atoms. The highest BCUT2D eigenvalue weighted by Crippen LogP contribution is 2.09. The maximum Gasteiger partial charge on any atom is 0.255 e. The Morgan fingerprint density at radius 2 is 1.93 bits per heavy atom. The monoisotopic (exact) mass is 214 g/mol. The molecule has 5 heteroatoms. The number of carbonyl (C=O) groups excluding carboxylic acids is 1. The van der Waals surface area contributed by atoms with Gasteiger partial charge in [-0.1, -0.05) is 30.3 Å². The molecule has 1 atom stereocenters. The van der Waals surface area contributed by atoms with E-state index in [1.165, 1.54) is 0 Å². The van der Waals surface area contributed by atoms with Crippen LogP contribution in [-0.2, 0) is 4.79 Å². The summed E-state index contributed by atoms with van der Waals surface area (Å²) in [4.78, 5) is 11.3. The third kappa shape index (κ3) is 3.63. The highest BCUT2D eigenvalue weighted by Gasteiger charge is 2.16. The molecule has 3 nitrogen and oxygen atoms in total. The third-order valence-corrected chi connectivity index (χ3v) is 1.87. The van der Waals surface area contributed by atoms with Gasteiger partial charge in [-0.05, 0) is 5.56 Å². The van der Waals surface area contributed by atoms with Gasteiger partial charge in [-0.15, -0.1) is 0 Å². The minimum Gasteiger partial charge on any atom is -0.349 e. The number of hydrogen-bond acceptors (Lipinski definition) is 2. The van der Waals surface area contributed by atoms with Crippen molar-refractivity contribution in [1.82, 2.24) is 5.32 Å². The summed E-state index contributed by atoms with van der Waals surface area (Å²) in [5.74, 6) is -0.596. The van der Waals surface area contributed by atoms with Crippen LogP contribution in [-0.4, -0.2) is 18.9 Å². The number of nitrogens with two attached hydrogens (primary N) is 1. The Bertz CT molecular complexity index is 316. The van der Waals surface area contributed by atoms with Crippen LogP contribution < -0.4 is 11.1 Å². The second-order valence-corrected chi connectivity index (χ2v) is 3.02. The fourth-order valence-corrected chi connectivity index (χ4v) is 1.10. The fourth-order valence-electron chi connectivity index (χ4n) is 1.10. The highest BCUT2D eigenvalue weighted by molar-refractivity contribution is 5.82. The molecule has 0 radical (unpaired) electrons. The predicted octanol–water partition coefficient (Wildman–Crippen LogP) is 1.07. The number of hydrogen-bond donors (Lipinski definition) is 2. The van der Waals surface area contributed by atoms with Crippen LogP contribution in [0.2, 0.25) is 0 Å².